The molecule has 7 nitrogen and oxygen atoms in total. The van der Waals surface area contributed by atoms with Crippen LogP contribution >= 0.6 is 22.9 Å². The van der Waals surface area contributed by atoms with E-state index < -0.39 is 11.7 Å². The Balaban J connectivity index is 1.67. The lowest BCUT2D eigenvalue weighted by Gasteiger charge is -2.36. The molecule has 124 valence electrons. The van der Waals surface area contributed by atoms with E-state index in [0.717, 1.165) is 5.56 Å². The average Bonchev–Trinajstić information content (AvgIpc) is 3.16. The lowest BCUT2D eigenvalue weighted by molar-refractivity contribution is -0.0442. The summed E-state index contributed by atoms with van der Waals surface area (Å²) in [5.41, 5.74) is 0.797. The van der Waals surface area contributed by atoms with Crippen molar-refractivity contribution in [3.63, 3.8) is 0 Å². The van der Waals surface area contributed by atoms with Crippen LogP contribution in [-0.4, -0.2) is 36.9 Å². The molecule has 24 heavy (non-hydrogen) atoms. The summed E-state index contributed by atoms with van der Waals surface area (Å²) in [5, 5.41) is 16.8. The molecular formula is C15H13ClN4O3S. The monoisotopic (exact) mass is 364 g/mol. The maximum absolute atomic E-state index is 10.2. The first-order valence-electron chi connectivity index (χ1n) is 7.24. The Hall–Kier alpha value is -2.03. The van der Waals surface area contributed by atoms with Gasteiger partial charge < -0.3 is 14.4 Å². The number of pyridine rings is 1. The molecule has 1 N–H and O–H groups in total. The molecule has 1 atom stereocenters. The highest BCUT2D eigenvalue weighted by Gasteiger charge is 2.36. The van der Waals surface area contributed by atoms with Crippen LogP contribution < -0.4 is 4.74 Å². The Kier molecular flexibility index (Phi) is 3.56. The maximum Gasteiger partial charge on any atom is 0.259 e. The van der Waals surface area contributed by atoms with Crippen LogP contribution in [0.5, 0.6) is 5.88 Å². The second-order valence-corrected chi connectivity index (χ2v) is 7.26. The van der Waals surface area contributed by atoms with Crippen molar-refractivity contribution in [2.75, 3.05) is 0 Å². The number of ether oxygens (including phenoxy) is 1. The SMILES string of the molecule is CC1(C)Oc2ncc(-c3nc(-c4nc(Cl)cs4)no3)cc2C[C@@H]1O. The summed E-state index contributed by atoms with van der Waals surface area (Å²) >= 11 is 7.15. The van der Waals surface area contributed by atoms with Crippen LogP contribution in [0, 0.1) is 0 Å². The van der Waals surface area contributed by atoms with Gasteiger partial charge in [0.2, 0.25) is 11.7 Å². The normalized spacial score (nSPS) is 18.9. The Morgan fingerprint density at radius 1 is 1.38 bits per heavy atom. The first-order chi connectivity index (χ1) is 11.4. The standard InChI is InChI=1S/C15H13ClN4O3S/c1-15(2)9(21)4-7-3-8(5-17-12(7)22-15)13-19-11(20-23-13)14-18-10(16)6-24-14/h3,5-6,9,21H,4H2,1-2H3/t9-/m0/s1. The summed E-state index contributed by atoms with van der Waals surface area (Å²) in [6.07, 6.45) is 1.45. The van der Waals surface area contributed by atoms with E-state index in [1.807, 2.05) is 19.9 Å². The highest BCUT2D eigenvalue weighted by molar-refractivity contribution is 7.13. The maximum atomic E-state index is 10.2. The van der Waals surface area contributed by atoms with Gasteiger partial charge in [0.25, 0.3) is 5.89 Å². The minimum atomic E-state index is -0.663. The number of hydrogen-bond acceptors (Lipinski definition) is 8. The van der Waals surface area contributed by atoms with Crippen LogP contribution in [0.15, 0.2) is 22.2 Å². The number of fused-ring (bicyclic) bond motifs is 1. The zero-order valence-electron chi connectivity index (χ0n) is 12.9. The van der Waals surface area contributed by atoms with E-state index in [1.165, 1.54) is 11.3 Å². The third kappa shape index (κ3) is 2.66. The number of aromatic nitrogens is 4. The molecule has 0 amide bonds. The molecule has 0 spiro atoms. The van der Waals surface area contributed by atoms with Gasteiger partial charge in [0.15, 0.2) is 5.01 Å². The van der Waals surface area contributed by atoms with Crippen LogP contribution in [0.4, 0.5) is 0 Å². The molecule has 0 saturated carbocycles. The van der Waals surface area contributed by atoms with Crippen LogP contribution in [0.3, 0.4) is 0 Å². The summed E-state index contributed by atoms with van der Waals surface area (Å²) in [5.74, 6) is 1.21. The topological polar surface area (TPSA) is 94.2 Å². The summed E-state index contributed by atoms with van der Waals surface area (Å²) in [6.45, 7) is 3.67. The molecule has 1 aliphatic rings. The van der Waals surface area contributed by atoms with Gasteiger partial charge in [0.05, 0.1) is 11.7 Å². The minimum absolute atomic E-state index is 0.325. The van der Waals surface area contributed by atoms with Gasteiger partial charge in [0, 0.05) is 23.6 Å². The molecule has 0 unspecified atom stereocenters. The highest BCUT2D eigenvalue weighted by Crippen LogP contribution is 2.34. The molecule has 4 rings (SSSR count). The lowest BCUT2D eigenvalue weighted by Crippen LogP contribution is -2.46. The number of rotatable bonds is 2. The van der Waals surface area contributed by atoms with E-state index in [0.29, 0.717) is 39.7 Å². The van der Waals surface area contributed by atoms with Crippen molar-refractivity contribution in [2.45, 2.75) is 32.0 Å². The fraction of sp³-hybridized carbons (Fsp3) is 0.333. The number of halogens is 1. The van der Waals surface area contributed by atoms with Crippen LogP contribution in [0.2, 0.25) is 5.15 Å². The lowest BCUT2D eigenvalue weighted by atomic mass is 9.92. The molecule has 9 heteroatoms. The van der Waals surface area contributed by atoms with E-state index in [2.05, 4.69) is 20.1 Å². The molecule has 0 radical (unpaired) electrons. The van der Waals surface area contributed by atoms with Gasteiger partial charge in [-0.3, -0.25) is 0 Å². The second kappa shape index (κ2) is 5.51. The second-order valence-electron chi connectivity index (χ2n) is 6.01. The number of aliphatic hydroxyl groups is 1. The van der Waals surface area contributed by atoms with Crippen LogP contribution in [0.1, 0.15) is 19.4 Å². The van der Waals surface area contributed by atoms with E-state index in [4.69, 9.17) is 20.9 Å². The van der Waals surface area contributed by atoms with E-state index in [9.17, 15) is 5.11 Å². The fourth-order valence-electron chi connectivity index (χ4n) is 2.41. The smallest absolute Gasteiger partial charge is 0.259 e. The average molecular weight is 365 g/mol. The Morgan fingerprint density at radius 2 is 2.21 bits per heavy atom. The van der Waals surface area contributed by atoms with Gasteiger partial charge in [-0.15, -0.1) is 11.3 Å². The molecule has 0 saturated heterocycles. The van der Waals surface area contributed by atoms with Crippen molar-refractivity contribution in [2.24, 2.45) is 0 Å². The van der Waals surface area contributed by atoms with E-state index in [1.54, 1.807) is 11.6 Å². The van der Waals surface area contributed by atoms with E-state index in [-0.39, 0.29) is 0 Å². The predicted molar refractivity (Wildman–Crippen MR) is 88.1 cm³/mol. The largest absolute Gasteiger partial charge is 0.469 e. The zero-order chi connectivity index (χ0) is 16.9. The molecule has 0 bridgehead atoms. The number of hydrogen-bond donors (Lipinski definition) is 1. The molecule has 0 fully saturated rings. The molecule has 3 aromatic heterocycles. The number of nitrogens with zero attached hydrogens (tertiary/aromatic N) is 4. The number of thiazole rings is 1. The molecule has 0 aromatic carbocycles. The summed E-state index contributed by atoms with van der Waals surface area (Å²) < 4.78 is 11.0. The van der Waals surface area contributed by atoms with Crippen LogP contribution in [-0.2, 0) is 6.42 Å². The Morgan fingerprint density at radius 3 is 2.96 bits per heavy atom. The fourth-order valence-corrected chi connectivity index (χ4v) is 3.28. The Labute approximate surface area is 146 Å². The highest BCUT2D eigenvalue weighted by atomic mass is 35.5. The number of aliphatic hydroxyl groups excluding tert-OH is 1. The first-order valence-corrected chi connectivity index (χ1v) is 8.49. The quantitative estimate of drug-likeness (QED) is 0.746. The zero-order valence-corrected chi connectivity index (χ0v) is 14.4. The third-order valence-electron chi connectivity index (χ3n) is 3.84. The summed E-state index contributed by atoms with van der Waals surface area (Å²) in [6, 6.07) is 1.84. The van der Waals surface area contributed by atoms with Gasteiger partial charge in [-0.1, -0.05) is 16.8 Å². The molecule has 0 aliphatic carbocycles. The summed E-state index contributed by atoms with van der Waals surface area (Å²) in [4.78, 5) is 12.8. The van der Waals surface area contributed by atoms with Crippen molar-refractivity contribution < 1.29 is 14.4 Å². The van der Waals surface area contributed by atoms with Crippen molar-refractivity contribution in [1.82, 2.24) is 20.1 Å². The van der Waals surface area contributed by atoms with Crippen LogP contribution in [0.25, 0.3) is 22.3 Å². The molecular weight excluding hydrogens is 352 g/mol. The van der Waals surface area contributed by atoms with Gasteiger partial charge in [-0.05, 0) is 19.9 Å². The molecule has 1 aliphatic heterocycles. The van der Waals surface area contributed by atoms with Gasteiger partial charge in [-0.25, -0.2) is 9.97 Å². The molecule has 3 aromatic rings. The predicted octanol–water partition coefficient (Wildman–Crippen LogP) is 2.98. The summed E-state index contributed by atoms with van der Waals surface area (Å²) in [7, 11) is 0. The molecule has 4 heterocycles. The van der Waals surface area contributed by atoms with Gasteiger partial charge >= 0.3 is 0 Å². The van der Waals surface area contributed by atoms with Crippen molar-refractivity contribution in [3.05, 3.63) is 28.4 Å². The van der Waals surface area contributed by atoms with Crippen molar-refractivity contribution >= 4 is 22.9 Å². The third-order valence-corrected chi connectivity index (χ3v) is 5.00. The Bertz CT molecular complexity index is 908. The van der Waals surface area contributed by atoms with E-state index >= 15 is 0 Å². The minimum Gasteiger partial charge on any atom is -0.469 e. The van der Waals surface area contributed by atoms with Crippen molar-refractivity contribution in [3.8, 4) is 28.2 Å². The van der Waals surface area contributed by atoms with Gasteiger partial charge in [0.1, 0.15) is 10.8 Å². The van der Waals surface area contributed by atoms with Gasteiger partial charge in [-0.2, -0.15) is 4.98 Å². The first kappa shape index (κ1) is 15.5. The van der Waals surface area contributed by atoms with Crippen molar-refractivity contribution in [1.29, 1.82) is 0 Å².